The zero-order valence-electron chi connectivity index (χ0n) is 12.4. The molecule has 1 heterocycles. The lowest BCUT2D eigenvalue weighted by molar-refractivity contribution is -0.137. The number of carbonyl (C=O) groups is 1. The number of nitrogens with one attached hydrogen (secondary N) is 1. The van der Waals surface area contributed by atoms with Crippen molar-refractivity contribution >= 4 is 39.4 Å². The minimum absolute atomic E-state index is 0.0168. The molecule has 0 saturated carbocycles. The van der Waals surface area contributed by atoms with Gasteiger partial charge < -0.3 is 9.67 Å². The Balaban J connectivity index is 2.57. The van der Waals surface area contributed by atoms with Crippen LogP contribution in [0.2, 0.25) is 5.02 Å². The standard InChI is InChI=1S/C16H11ClN4O3/c17-12-6-5-10-15(11(12)7-19-20-18)21(8-14(22)23)13-4-2-1-3-9(13)16(10)24/h1-6,18H,7-8H2/p+1. The van der Waals surface area contributed by atoms with Crippen molar-refractivity contribution in [2.24, 2.45) is 5.11 Å². The van der Waals surface area contributed by atoms with E-state index >= 15 is 0 Å². The summed E-state index contributed by atoms with van der Waals surface area (Å²) in [4.78, 5) is 27.1. The molecule has 2 aromatic carbocycles. The van der Waals surface area contributed by atoms with E-state index in [1.165, 1.54) is 4.57 Å². The molecular weight excluding hydrogens is 332 g/mol. The van der Waals surface area contributed by atoms with Crippen molar-refractivity contribution in [3.63, 3.8) is 0 Å². The number of fused-ring (bicyclic) bond motifs is 2. The van der Waals surface area contributed by atoms with E-state index in [1.807, 2.05) is 0 Å². The zero-order valence-corrected chi connectivity index (χ0v) is 13.1. The number of aromatic nitrogens is 1. The predicted octanol–water partition coefficient (Wildman–Crippen LogP) is 2.94. The van der Waals surface area contributed by atoms with Gasteiger partial charge in [0.1, 0.15) is 17.2 Å². The van der Waals surface area contributed by atoms with Crippen molar-refractivity contribution in [1.82, 2.24) is 9.48 Å². The molecule has 1 aromatic heterocycles. The van der Waals surface area contributed by atoms with Crippen LogP contribution in [0.4, 0.5) is 0 Å². The summed E-state index contributed by atoms with van der Waals surface area (Å²) in [7, 11) is 0. The van der Waals surface area contributed by atoms with Gasteiger partial charge >= 0.3 is 5.97 Å². The van der Waals surface area contributed by atoms with Gasteiger partial charge in [-0.15, -0.1) is 0 Å². The molecule has 0 bridgehead atoms. The van der Waals surface area contributed by atoms with Crippen LogP contribution in [0, 0.1) is 5.53 Å². The predicted molar refractivity (Wildman–Crippen MR) is 89.3 cm³/mol. The smallest absolute Gasteiger partial charge is 0.323 e. The third kappa shape index (κ3) is 2.56. The van der Waals surface area contributed by atoms with Crippen molar-refractivity contribution in [1.29, 1.82) is 5.53 Å². The first kappa shape index (κ1) is 15.9. The van der Waals surface area contributed by atoms with E-state index in [-0.39, 0.29) is 18.5 Å². The SMILES string of the molecule is N=[N+]=NCc1c(Cl)ccc2c(=O)c3ccccc3n(CC(=O)O)c12. The van der Waals surface area contributed by atoms with Crippen LogP contribution in [0.25, 0.3) is 21.8 Å². The zero-order chi connectivity index (χ0) is 17.3. The number of carboxylic acids is 1. The van der Waals surface area contributed by atoms with E-state index in [0.29, 0.717) is 32.4 Å². The average Bonchev–Trinajstić information content (AvgIpc) is 2.57. The van der Waals surface area contributed by atoms with Crippen molar-refractivity contribution in [2.45, 2.75) is 13.1 Å². The lowest BCUT2D eigenvalue weighted by Gasteiger charge is -2.16. The summed E-state index contributed by atoms with van der Waals surface area (Å²) in [6, 6.07) is 9.96. The van der Waals surface area contributed by atoms with Gasteiger partial charge in [0.15, 0.2) is 12.0 Å². The van der Waals surface area contributed by atoms with Crippen molar-refractivity contribution < 1.29 is 9.90 Å². The molecule has 0 unspecified atom stereocenters. The van der Waals surface area contributed by atoms with Crippen LogP contribution < -0.4 is 10.3 Å². The normalized spacial score (nSPS) is 10.7. The summed E-state index contributed by atoms with van der Waals surface area (Å²) in [6.07, 6.45) is 0. The molecule has 0 fully saturated rings. The maximum atomic E-state index is 12.8. The topological polar surface area (TPSA) is 110 Å². The molecule has 120 valence electrons. The van der Waals surface area contributed by atoms with Gasteiger partial charge in [0.05, 0.1) is 11.0 Å². The molecule has 3 aromatic rings. The number of pyridine rings is 1. The molecule has 0 saturated heterocycles. The highest BCUT2D eigenvalue weighted by Gasteiger charge is 2.18. The summed E-state index contributed by atoms with van der Waals surface area (Å²) in [5, 5.41) is 14.0. The highest BCUT2D eigenvalue weighted by atomic mass is 35.5. The molecule has 0 spiro atoms. The Bertz CT molecular complexity index is 1080. The Kier molecular flexibility index (Phi) is 4.12. The molecule has 0 atom stereocenters. The monoisotopic (exact) mass is 343 g/mol. The number of halogens is 1. The van der Waals surface area contributed by atoms with Gasteiger partial charge in [-0.1, -0.05) is 23.7 Å². The van der Waals surface area contributed by atoms with E-state index in [1.54, 1.807) is 36.4 Å². The largest absolute Gasteiger partial charge is 0.480 e. The number of para-hydroxylation sites is 1. The summed E-state index contributed by atoms with van der Waals surface area (Å²) in [6.45, 7) is -0.347. The third-order valence-electron chi connectivity index (χ3n) is 3.77. The number of aliphatic carboxylic acids is 1. The molecule has 8 heteroatoms. The molecular formula is C16H12ClN4O3+. The van der Waals surface area contributed by atoms with Crippen molar-refractivity contribution in [2.75, 3.05) is 0 Å². The van der Waals surface area contributed by atoms with E-state index in [2.05, 4.69) is 10.0 Å². The second-order valence-corrected chi connectivity index (χ2v) is 5.55. The van der Waals surface area contributed by atoms with Gasteiger partial charge in [-0.2, -0.15) is 0 Å². The number of benzene rings is 2. The fourth-order valence-corrected chi connectivity index (χ4v) is 3.04. The molecule has 0 aliphatic rings. The molecule has 2 N–H and O–H groups in total. The minimum Gasteiger partial charge on any atom is -0.480 e. The summed E-state index contributed by atoms with van der Waals surface area (Å²) < 4.78 is 1.54. The number of hydrogen-bond donors (Lipinski definition) is 2. The molecule has 24 heavy (non-hydrogen) atoms. The number of hydrogen-bond acceptors (Lipinski definition) is 4. The van der Waals surface area contributed by atoms with Gasteiger partial charge in [0.25, 0.3) is 0 Å². The molecule has 3 rings (SSSR count). The highest BCUT2D eigenvalue weighted by molar-refractivity contribution is 6.32. The van der Waals surface area contributed by atoms with E-state index < -0.39 is 5.97 Å². The fourth-order valence-electron chi connectivity index (χ4n) is 2.83. The minimum atomic E-state index is -1.04. The Labute approximate surface area is 140 Å². The fraction of sp³-hybridized carbons (Fsp3) is 0.125. The molecule has 7 nitrogen and oxygen atoms in total. The van der Waals surface area contributed by atoms with Gasteiger partial charge in [0.2, 0.25) is 4.91 Å². The maximum Gasteiger partial charge on any atom is 0.323 e. The number of carboxylic acid groups (broad SMARTS) is 1. The number of nitrogens with zero attached hydrogens (tertiary/aromatic N) is 3. The molecule has 0 radical (unpaired) electrons. The second kappa shape index (κ2) is 6.23. The Morgan fingerprint density at radius 1 is 1.25 bits per heavy atom. The Morgan fingerprint density at radius 2 is 2.00 bits per heavy atom. The van der Waals surface area contributed by atoms with Crippen LogP contribution in [-0.2, 0) is 17.9 Å². The molecule has 0 aliphatic heterocycles. The van der Waals surface area contributed by atoms with Crippen LogP contribution >= 0.6 is 11.6 Å². The summed E-state index contributed by atoms with van der Waals surface area (Å²) in [5.41, 5.74) is 7.99. The quantitative estimate of drug-likeness (QED) is 0.431. The summed E-state index contributed by atoms with van der Waals surface area (Å²) >= 11 is 6.23. The first-order valence-corrected chi connectivity index (χ1v) is 7.40. The van der Waals surface area contributed by atoms with Crippen molar-refractivity contribution in [3.8, 4) is 0 Å². The van der Waals surface area contributed by atoms with Gasteiger partial charge in [0, 0.05) is 21.4 Å². The van der Waals surface area contributed by atoms with E-state index in [0.717, 1.165) is 0 Å². The van der Waals surface area contributed by atoms with Gasteiger partial charge in [-0.25, -0.2) is 0 Å². The third-order valence-corrected chi connectivity index (χ3v) is 4.13. The highest BCUT2D eigenvalue weighted by Crippen LogP contribution is 2.28. The van der Waals surface area contributed by atoms with Crippen LogP contribution in [0.1, 0.15) is 5.56 Å². The van der Waals surface area contributed by atoms with E-state index in [4.69, 9.17) is 17.1 Å². The first-order valence-electron chi connectivity index (χ1n) is 7.02. The van der Waals surface area contributed by atoms with Gasteiger partial charge in [-0.3, -0.25) is 9.59 Å². The molecule has 0 aliphatic carbocycles. The van der Waals surface area contributed by atoms with Crippen LogP contribution in [0.15, 0.2) is 46.3 Å². The Hall–Kier alpha value is -3.02. The van der Waals surface area contributed by atoms with Crippen LogP contribution in [-0.4, -0.2) is 15.6 Å². The van der Waals surface area contributed by atoms with Crippen LogP contribution in [0.3, 0.4) is 0 Å². The van der Waals surface area contributed by atoms with Crippen molar-refractivity contribution in [3.05, 3.63) is 57.2 Å². The van der Waals surface area contributed by atoms with E-state index in [9.17, 15) is 14.7 Å². The molecule has 0 amide bonds. The van der Waals surface area contributed by atoms with Crippen LogP contribution in [0.5, 0.6) is 0 Å². The second-order valence-electron chi connectivity index (χ2n) is 5.15. The Morgan fingerprint density at radius 3 is 2.71 bits per heavy atom. The van der Waals surface area contributed by atoms with Gasteiger partial charge in [-0.05, 0) is 24.3 Å². The summed E-state index contributed by atoms with van der Waals surface area (Å²) in [5.74, 6) is -1.04. The average molecular weight is 344 g/mol. The first-order chi connectivity index (χ1) is 11.5. The maximum absolute atomic E-state index is 12.8. The lowest BCUT2D eigenvalue weighted by atomic mass is 10.0. The lowest BCUT2D eigenvalue weighted by Crippen LogP contribution is -2.17. The number of rotatable bonds is 4.